The van der Waals surface area contributed by atoms with Gasteiger partial charge in [0, 0.05) is 12.1 Å². The highest BCUT2D eigenvalue weighted by atomic mass is 32.2. The molecule has 0 heterocycles. The van der Waals surface area contributed by atoms with Crippen molar-refractivity contribution in [1.82, 2.24) is 4.72 Å². The second-order valence-corrected chi connectivity index (χ2v) is 6.45. The Morgan fingerprint density at radius 2 is 1.83 bits per heavy atom. The van der Waals surface area contributed by atoms with E-state index in [0.29, 0.717) is 23.7 Å². The Hall–Kier alpha value is -2.12. The van der Waals surface area contributed by atoms with E-state index >= 15 is 0 Å². The van der Waals surface area contributed by atoms with Crippen LogP contribution in [0.4, 0.5) is 4.39 Å². The zero-order valence-corrected chi connectivity index (χ0v) is 13.7. The third-order valence-electron chi connectivity index (χ3n) is 3.14. The molecule has 2 aromatic carbocycles. The molecule has 1 N–H and O–H groups in total. The Bertz CT molecular complexity index is 760. The van der Waals surface area contributed by atoms with E-state index in [1.165, 1.54) is 37.4 Å². The fourth-order valence-electron chi connectivity index (χ4n) is 2.02. The molecule has 0 saturated carbocycles. The summed E-state index contributed by atoms with van der Waals surface area (Å²) in [6, 6.07) is 10.0. The molecule has 0 bridgehead atoms. The molecular weight excluding hydrogens is 321 g/mol. The van der Waals surface area contributed by atoms with Gasteiger partial charge in [-0.1, -0.05) is 0 Å². The topological polar surface area (TPSA) is 64.6 Å². The summed E-state index contributed by atoms with van der Waals surface area (Å²) in [4.78, 5) is 0.108. The van der Waals surface area contributed by atoms with E-state index < -0.39 is 15.8 Å². The number of sulfonamides is 1. The lowest BCUT2D eigenvalue weighted by molar-refractivity contribution is 0.340. The number of benzene rings is 2. The number of hydrogen-bond donors (Lipinski definition) is 1. The molecule has 0 amide bonds. The van der Waals surface area contributed by atoms with Crippen LogP contribution in [0.3, 0.4) is 0 Å². The Balaban J connectivity index is 2.14. The molecule has 0 radical (unpaired) electrons. The van der Waals surface area contributed by atoms with Crippen LogP contribution in [-0.2, 0) is 16.6 Å². The highest BCUT2D eigenvalue weighted by Crippen LogP contribution is 2.20. The fraction of sp³-hybridized carbons (Fsp3) is 0.250. The third-order valence-corrected chi connectivity index (χ3v) is 4.56. The highest BCUT2D eigenvalue weighted by Gasteiger charge is 2.15. The third kappa shape index (κ3) is 4.43. The van der Waals surface area contributed by atoms with Crippen molar-refractivity contribution >= 4 is 10.0 Å². The quantitative estimate of drug-likeness (QED) is 0.842. The SMILES string of the molecule is CCOc1ccc(S(=O)(=O)NCc2cc(F)ccc2OC)cc1. The van der Waals surface area contributed by atoms with Crippen molar-refractivity contribution in [1.29, 1.82) is 0 Å². The zero-order chi connectivity index (χ0) is 16.9. The smallest absolute Gasteiger partial charge is 0.240 e. The molecule has 0 atom stereocenters. The maximum Gasteiger partial charge on any atom is 0.240 e. The van der Waals surface area contributed by atoms with E-state index in [4.69, 9.17) is 9.47 Å². The number of halogens is 1. The van der Waals surface area contributed by atoms with Gasteiger partial charge in [-0.25, -0.2) is 17.5 Å². The molecule has 2 rings (SSSR count). The van der Waals surface area contributed by atoms with Crippen LogP contribution in [0.2, 0.25) is 0 Å². The summed E-state index contributed by atoms with van der Waals surface area (Å²) in [7, 11) is -2.27. The van der Waals surface area contributed by atoms with E-state index in [2.05, 4.69) is 4.72 Å². The number of hydrogen-bond acceptors (Lipinski definition) is 4. The van der Waals surface area contributed by atoms with Crippen LogP contribution in [0.15, 0.2) is 47.4 Å². The van der Waals surface area contributed by atoms with Gasteiger partial charge < -0.3 is 9.47 Å². The second-order valence-electron chi connectivity index (χ2n) is 4.69. The van der Waals surface area contributed by atoms with Crippen molar-refractivity contribution < 1.29 is 22.3 Å². The van der Waals surface area contributed by atoms with Gasteiger partial charge in [-0.15, -0.1) is 0 Å². The van der Waals surface area contributed by atoms with Gasteiger partial charge in [0.1, 0.15) is 17.3 Å². The molecule has 23 heavy (non-hydrogen) atoms. The number of rotatable bonds is 7. The number of ether oxygens (including phenoxy) is 2. The van der Waals surface area contributed by atoms with Crippen molar-refractivity contribution in [3.8, 4) is 11.5 Å². The average Bonchev–Trinajstić information content (AvgIpc) is 2.54. The predicted octanol–water partition coefficient (Wildman–Crippen LogP) is 2.71. The van der Waals surface area contributed by atoms with E-state index in [0.717, 1.165) is 0 Å². The second kappa shape index (κ2) is 7.43. The maximum atomic E-state index is 13.3. The zero-order valence-electron chi connectivity index (χ0n) is 12.9. The molecule has 0 aliphatic heterocycles. The summed E-state index contributed by atoms with van der Waals surface area (Å²) >= 11 is 0. The Morgan fingerprint density at radius 3 is 2.43 bits per heavy atom. The van der Waals surface area contributed by atoms with Crippen molar-refractivity contribution in [3.63, 3.8) is 0 Å². The molecule has 0 fully saturated rings. The standard InChI is InChI=1S/C16H18FNO4S/c1-3-22-14-5-7-15(8-6-14)23(19,20)18-11-12-10-13(17)4-9-16(12)21-2/h4-10,18H,3,11H2,1-2H3. The highest BCUT2D eigenvalue weighted by molar-refractivity contribution is 7.89. The number of methoxy groups -OCH3 is 1. The summed E-state index contributed by atoms with van der Waals surface area (Å²) < 4.78 is 50.6. The van der Waals surface area contributed by atoms with Crippen molar-refractivity contribution in [3.05, 3.63) is 53.8 Å². The van der Waals surface area contributed by atoms with Crippen LogP contribution in [-0.4, -0.2) is 22.1 Å². The van der Waals surface area contributed by atoms with Crippen LogP contribution in [0.5, 0.6) is 11.5 Å². The van der Waals surface area contributed by atoms with E-state index in [1.807, 2.05) is 6.92 Å². The van der Waals surface area contributed by atoms with Gasteiger partial charge in [0.2, 0.25) is 10.0 Å². The maximum absolute atomic E-state index is 13.3. The first-order valence-corrected chi connectivity index (χ1v) is 8.49. The largest absolute Gasteiger partial charge is 0.496 e. The van der Waals surface area contributed by atoms with Crippen LogP contribution in [0.1, 0.15) is 12.5 Å². The summed E-state index contributed by atoms with van der Waals surface area (Å²) in [5.41, 5.74) is 0.419. The summed E-state index contributed by atoms with van der Waals surface area (Å²) in [6.45, 7) is 2.28. The molecule has 0 unspecified atom stereocenters. The van der Waals surface area contributed by atoms with Gasteiger partial charge in [-0.3, -0.25) is 0 Å². The predicted molar refractivity (Wildman–Crippen MR) is 84.6 cm³/mol. The van der Waals surface area contributed by atoms with Gasteiger partial charge >= 0.3 is 0 Å². The van der Waals surface area contributed by atoms with Crippen LogP contribution in [0, 0.1) is 5.82 Å². The Morgan fingerprint density at radius 1 is 1.13 bits per heavy atom. The van der Waals surface area contributed by atoms with E-state index in [9.17, 15) is 12.8 Å². The van der Waals surface area contributed by atoms with Gasteiger partial charge in [0.25, 0.3) is 0 Å². The summed E-state index contributed by atoms with van der Waals surface area (Å²) in [5, 5.41) is 0. The molecule has 124 valence electrons. The molecule has 0 aliphatic carbocycles. The minimum atomic E-state index is -3.71. The molecular formula is C16H18FNO4S. The minimum Gasteiger partial charge on any atom is -0.496 e. The van der Waals surface area contributed by atoms with Crippen molar-refractivity contribution in [2.75, 3.05) is 13.7 Å². The van der Waals surface area contributed by atoms with Crippen molar-refractivity contribution in [2.24, 2.45) is 0 Å². The molecule has 0 spiro atoms. The lowest BCUT2D eigenvalue weighted by Crippen LogP contribution is -2.23. The van der Waals surface area contributed by atoms with Crippen LogP contribution >= 0.6 is 0 Å². The first-order valence-electron chi connectivity index (χ1n) is 7.01. The summed E-state index contributed by atoms with van der Waals surface area (Å²) in [6.07, 6.45) is 0. The first-order chi connectivity index (χ1) is 11.0. The molecule has 0 aromatic heterocycles. The first kappa shape index (κ1) is 17.2. The van der Waals surface area contributed by atoms with Gasteiger partial charge in [-0.05, 0) is 49.4 Å². The van der Waals surface area contributed by atoms with Crippen LogP contribution in [0.25, 0.3) is 0 Å². The fourth-order valence-corrected chi connectivity index (χ4v) is 3.03. The molecule has 0 saturated heterocycles. The van der Waals surface area contributed by atoms with E-state index in [-0.39, 0.29) is 11.4 Å². The lowest BCUT2D eigenvalue weighted by Gasteiger charge is -2.11. The van der Waals surface area contributed by atoms with Gasteiger partial charge in [0.05, 0.1) is 18.6 Å². The van der Waals surface area contributed by atoms with Crippen molar-refractivity contribution in [2.45, 2.75) is 18.4 Å². The average molecular weight is 339 g/mol. The van der Waals surface area contributed by atoms with Gasteiger partial charge in [-0.2, -0.15) is 0 Å². The van der Waals surface area contributed by atoms with E-state index in [1.54, 1.807) is 12.1 Å². The minimum absolute atomic E-state index is 0.0729. The molecule has 0 aliphatic rings. The molecule has 5 nitrogen and oxygen atoms in total. The normalized spacial score (nSPS) is 11.3. The molecule has 2 aromatic rings. The molecule has 7 heteroatoms. The van der Waals surface area contributed by atoms with Gasteiger partial charge in [0.15, 0.2) is 0 Å². The number of nitrogens with one attached hydrogen (secondary N) is 1. The monoisotopic (exact) mass is 339 g/mol. The Labute approximate surface area is 135 Å². The lowest BCUT2D eigenvalue weighted by atomic mass is 10.2. The Kier molecular flexibility index (Phi) is 5.57. The summed E-state index contributed by atoms with van der Waals surface area (Å²) in [5.74, 6) is 0.556. The van der Waals surface area contributed by atoms with Crippen LogP contribution < -0.4 is 14.2 Å².